The summed E-state index contributed by atoms with van der Waals surface area (Å²) in [5.41, 5.74) is 1.98. The van der Waals surface area contributed by atoms with E-state index in [0.717, 1.165) is 54.6 Å². The van der Waals surface area contributed by atoms with Crippen LogP contribution in [-0.4, -0.2) is 43.6 Å². The summed E-state index contributed by atoms with van der Waals surface area (Å²) in [4.78, 5) is 19.5. The van der Waals surface area contributed by atoms with Gasteiger partial charge in [0, 0.05) is 37.6 Å². The number of carbonyl (C=O) groups excluding carboxylic acids is 1. The first kappa shape index (κ1) is 19.6. The SMILES string of the molecule is CCn1c(SC(C(=O)N2CCCCC2)c2ccccc2)nnc1-c1ccncc1. The Labute approximate surface area is 175 Å². The molecule has 3 aromatic rings. The monoisotopic (exact) mass is 407 g/mol. The van der Waals surface area contributed by atoms with Crippen molar-refractivity contribution in [3.63, 3.8) is 0 Å². The van der Waals surface area contributed by atoms with E-state index in [1.165, 1.54) is 18.2 Å². The van der Waals surface area contributed by atoms with E-state index in [2.05, 4.69) is 26.7 Å². The molecule has 1 aromatic carbocycles. The zero-order chi connectivity index (χ0) is 20.1. The topological polar surface area (TPSA) is 63.9 Å². The Morgan fingerprint density at radius 3 is 2.45 bits per heavy atom. The van der Waals surface area contributed by atoms with Crippen molar-refractivity contribution < 1.29 is 4.79 Å². The summed E-state index contributed by atoms with van der Waals surface area (Å²) in [5, 5.41) is 9.29. The van der Waals surface area contributed by atoms with Crippen LogP contribution in [0.25, 0.3) is 11.4 Å². The fourth-order valence-corrected chi connectivity index (χ4v) is 4.83. The van der Waals surface area contributed by atoms with Gasteiger partial charge in [-0.3, -0.25) is 9.78 Å². The van der Waals surface area contributed by atoms with E-state index < -0.39 is 0 Å². The van der Waals surface area contributed by atoms with Crippen molar-refractivity contribution >= 4 is 17.7 Å². The second kappa shape index (κ2) is 9.22. The molecule has 0 spiro atoms. The number of nitrogens with zero attached hydrogens (tertiary/aromatic N) is 5. The molecular formula is C22H25N5OS. The van der Waals surface area contributed by atoms with Crippen LogP contribution in [0.2, 0.25) is 0 Å². The van der Waals surface area contributed by atoms with E-state index >= 15 is 0 Å². The van der Waals surface area contributed by atoms with Gasteiger partial charge in [0.05, 0.1) is 0 Å². The molecule has 6 nitrogen and oxygen atoms in total. The molecule has 150 valence electrons. The molecule has 1 unspecified atom stereocenters. The third kappa shape index (κ3) is 4.34. The maximum Gasteiger partial charge on any atom is 0.240 e. The van der Waals surface area contributed by atoms with Crippen molar-refractivity contribution in [1.82, 2.24) is 24.6 Å². The van der Waals surface area contributed by atoms with Crippen LogP contribution in [-0.2, 0) is 11.3 Å². The number of carbonyl (C=O) groups is 1. The molecule has 1 atom stereocenters. The molecule has 7 heteroatoms. The van der Waals surface area contributed by atoms with Crippen LogP contribution in [0.1, 0.15) is 37.0 Å². The van der Waals surface area contributed by atoms with Crippen LogP contribution in [0.4, 0.5) is 0 Å². The number of amides is 1. The Bertz CT molecular complexity index is 938. The number of aromatic nitrogens is 4. The zero-order valence-corrected chi connectivity index (χ0v) is 17.4. The smallest absolute Gasteiger partial charge is 0.240 e. The highest BCUT2D eigenvalue weighted by molar-refractivity contribution is 8.00. The third-order valence-corrected chi connectivity index (χ3v) is 6.41. The Kier molecular flexibility index (Phi) is 6.24. The van der Waals surface area contributed by atoms with Gasteiger partial charge in [-0.1, -0.05) is 42.1 Å². The Morgan fingerprint density at radius 2 is 1.76 bits per heavy atom. The molecule has 1 fully saturated rings. The average molecular weight is 408 g/mol. The van der Waals surface area contributed by atoms with E-state index in [-0.39, 0.29) is 11.2 Å². The van der Waals surface area contributed by atoms with Crippen LogP contribution in [0.15, 0.2) is 60.0 Å². The number of thioether (sulfide) groups is 1. The molecule has 0 saturated carbocycles. The molecule has 0 N–H and O–H groups in total. The van der Waals surface area contributed by atoms with Crippen molar-refractivity contribution in [2.75, 3.05) is 13.1 Å². The number of hydrogen-bond donors (Lipinski definition) is 0. The fraction of sp³-hybridized carbons (Fsp3) is 0.364. The molecule has 1 aliphatic heterocycles. The van der Waals surface area contributed by atoms with Crippen molar-refractivity contribution in [3.8, 4) is 11.4 Å². The Hall–Kier alpha value is -2.67. The standard InChI is InChI=1S/C22H25N5OS/c1-2-27-20(18-11-13-23-14-12-18)24-25-22(27)29-19(17-9-5-3-6-10-17)21(28)26-15-7-4-8-16-26/h3,5-6,9-14,19H,2,4,7-8,15-16H2,1H3. The zero-order valence-electron chi connectivity index (χ0n) is 16.6. The number of likely N-dealkylation sites (tertiary alicyclic amines) is 1. The van der Waals surface area contributed by atoms with Crippen LogP contribution >= 0.6 is 11.8 Å². The van der Waals surface area contributed by atoms with Crippen LogP contribution in [0.5, 0.6) is 0 Å². The van der Waals surface area contributed by atoms with Gasteiger partial charge in [0.1, 0.15) is 5.25 Å². The molecule has 3 heterocycles. The minimum absolute atomic E-state index is 0.164. The summed E-state index contributed by atoms with van der Waals surface area (Å²) in [5.74, 6) is 0.964. The van der Waals surface area contributed by atoms with Gasteiger partial charge in [0.25, 0.3) is 0 Å². The first-order chi connectivity index (χ1) is 14.3. The highest BCUT2D eigenvalue weighted by Gasteiger charge is 2.30. The lowest BCUT2D eigenvalue weighted by atomic mass is 10.1. The van der Waals surface area contributed by atoms with E-state index in [9.17, 15) is 4.79 Å². The average Bonchev–Trinajstić information content (AvgIpc) is 3.21. The number of pyridine rings is 1. The van der Waals surface area contributed by atoms with E-state index in [4.69, 9.17) is 0 Å². The Morgan fingerprint density at radius 1 is 1.03 bits per heavy atom. The predicted molar refractivity (Wildman–Crippen MR) is 114 cm³/mol. The molecular weight excluding hydrogens is 382 g/mol. The fourth-order valence-electron chi connectivity index (χ4n) is 3.65. The van der Waals surface area contributed by atoms with Gasteiger partial charge in [0.15, 0.2) is 11.0 Å². The normalized spacial score (nSPS) is 15.3. The van der Waals surface area contributed by atoms with Gasteiger partial charge < -0.3 is 9.47 Å². The van der Waals surface area contributed by atoms with Crippen LogP contribution in [0.3, 0.4) is 0 Å². The van der Waals surface area contributed by atoms with Crippen molar-refractivity contribution in [3.05, 3.63) is 60.4 Å². The van der Waals surface area contributed by atoms with Gasteiger partial charge in [-0.2, -0.15) is 0 Å². The third-order valence-electron chi connectivity index (χ3n) is 5.19. The lowest BCUT2D eigenvalue weighted by Gasteiger charge is -2.30. The van der Waals surface area contributed by atoms with Gasteiger partial charge in [-0.05, 0) is 43.9 Å². The second-order valence-electron chi connectivity index (χ2n) is 7.08. The number of hydrogen-bond acceptors (Lipinski definition) is 5. The summed E-state index contributed by atoms with van der Waals surface area (Å²) in [6.45, 7) is 4.48. The number of rotatable bonds is 6. The lowest BCUT2D eigenvalue weighted by Crippen LogP contribution is -2.38. The van der Waals surface area contributed by atoms with Crippen LogP contribution in [0, 0.1) is 0 Å². The highest BCUT2D eigenvalue weighted by Crippen LogP contribution is 2.37. The minimum atomic E-state index is -0.325. The van der Waals surface area contributed by atoms with E-state index in [1.54, 1.807) is 12.4 Å². The van der Waals surface area contributed by atoms with Crippen molar-refractivity contribution in [1.29, 1.82) is 0 Å². The van der Waals surface area contributed by atoms with Crippen molar-refractivity contribution in [2.24, 2.45) is 0 Å². The molecule has 2 aromatic heterocycles. The molecule has 1 aliphatic rings. The summed E-state index contributed by atoms with van der Waals surface area (Å²) in [7, 11) is 0. The van der Waals surface area contributed by atoms with Gasteiger partial charge >= 0.3 is 0 Å². The van der Waals surface area contributed by atoms with Crippen molar-refractivity contribution in [2.45, 2.75) is 43.1 Å². The summed E-state index contributed by atoms with van der Waals surface area (Å²) in [6, 6.07) is 13.9. The van der Waals surface area contributed by atoms with Gasteiger partial charge in [-0.15, -0.1) is 10.2 Å². The largest absolute Gasteiger partial charge is 0.341 e. The van der Waals surface area contributed by atoms with Gasteiger partial charge in [0.2, 0.25) is 5.91 Å². The quantitative estimate of drug-likeness (QED) is 0.573. The highest BCUT2D eigenvalue weighted by atomic mass is 32.2. The van der Waals surface area contributed by atoms with E-state index in [1.807, 2.05) is 47.4 Å². The molecule has 1 saturated heterocycles. The van der Waals surface area contributed by atoms with E-state index in [0.29, 0.717) is 0 Å². The Balaban J connectivity index is 1.66. The summed E-state index contributed by atoms with van der Waals surface area (Å²) in [6.07, 6.45) is 6.86. The first-order valence-corrected chi connectivity index (χ1v) is 11.0. The molecule has 4 rings (SSSR count). The first-order valence-electron chi connectivity index (χ1n) is 10.1. The van der Waals surface area contributed by atoms with Crippen LogP contribution < -0.4 is 0 Å². The molecule has 29 heavy (non-hydrogen) atoms. The summed E-state index contributed by atoms with van der Waals surface area (Å²) >= 11 is 1.49. The predicted octanol–water partition coefficient (Wildman–Crippen LogP) is 4.21. The number of piperidine rings is 1. The lowest BCUT2D eigenvalue weighted by molar-refractivity contribution is -0.131. The number of benzene rings is 1. The molecule has 0 aliphatic carbocycles. The minimum Gasteiger partial charge on any atom is -0.341 e. The van der Waals surface area contributed by atoms with Gasteiger partial charge in [-0.25, -0.2) is 0 Å². The second-order valence-corrected chi connectivity index (χ2v) is 8.15. The maximum atomic E-state index is 13.4. The maximum absolute atomic E-state index is 13.4. The molecule has 1 amide bonds. The summed E-state index contributed by atoms with van der Waals surface area (Å²) < 4.78 is 2.07. The molecule has 0 radical (unpaired) electrons. The molecule has 0 bridgehead atoms.